The standard InChI is InChI=1S/C23H30N4O3S/c1-30-20-14-18(15-24-21(20)28)22-25-19(16-31-22)23(29)27-12-10-26(11-13-27)9-5-8-17-6-3-2-4-7-17/h2-4,6-7,14-15,19-20,22,25H,5,8-13,16H2,1H3. The third-order valence-corrected chi connectivity index (χ3v) is 7.30. The van der Waals surface area contributed by atoms with Crippen molar-refractivity contribution in [1.82, 2.24) is 15.1 Å². The molecular formula is C23H30N4O3S. The Morgan fingerprint density at radius 1 is 1.23 bits per heavy atom. The summed E-state index contributed by atoms with van der Waals surface area (Å²) in [5.41, 5.74) is 2.28. The van der Waals surface area contributed by atoms with Gasteiger partial charge in [0.05, 0.1) is 11.4 Å². The Kier molecular flexibility index (Phi) is 7.55. The summed E-state index contributed by atoms with van der Waals surface area (Å²) in [5.74, 6) is 0.604. The topological polar surface area (TPSA) is 74.2 Å². The zero-order valence-corrected chi connectivity index (χ0v) is 18.7. The van der Waals surface area contributed by atoms with Gasteiger partial charge in [-0.2, -0.15) is 0 Å². The first-order valence-corrected chi connectivity index (χ1v) is 11.9. The predicted octanol–water partition coefficient (Wildman–Crippen LogP) is 1.35. The number of amides is 2. The molecule has 1 aromatic rings. The molecule has 31 heavy (non-hydrogen) atoms. The van der Waals surface area contributed by atoms with Crippen molar-refractivity contribution in [1.29, 1.82) is 0 Å². The van der Waals surface area contributed by atoms with Crippen LogP contribution >= 0.6 is 11.8 Å². The molecule has 0 bridgehead atoms. The second-order valence-electron chi connectivity index (χ2n) is 8.11. The quantitative estimate of drug-likeness (QED) is 0.687. The Morgan fingerprint density at radius 2 is 2.00 bits per heavy atom. The number of thioether (sulfide) groups is 1. The highest BCUT2D eigenvalue weighted by atomic mass is 32.2. The maximum atomic E-state index is 13.0. The van der Waals surface area contributed by atoms with Gasteiger partial charge in [0.1, 0.15) is 0 Å². The highest BCUT2D eigenvalue weighted by Gasteiger charge is 2.36. The molecule has 0 radical (unpaired) electrons. The Labute approximate surface area is 187 Å². The van der Waals surface area contributed by atoms with E-state index >= 15 is 0 Å². The Morgan fingerprint density at radius 3 is 2.74 bits per heavy atom. The Balaban J connectivity index is 1.20. The zero-order valence-electron chi connectivity index (χ0n) is 17.9. The van der Waals surface area contributed by atoms with Gasteiger partial charge in [-0.1, -0.05) is 30.3 Å². The lowest BCUT2D eigenvalue weighted by atomic mass is 10.1. The number of methoxy groups -OCH3 is 1. The van der Waals surface area contributed by atoms with E-state index in [1.54, 1.807) is 24.1 Å². The molecule has 4 rings (SSSR count). The van der Waals surface area contributed by atoms with Crippen LogP contribution in [0.25, 0.3) is 0 Å². The largest absolute Gasteiger partial charge is 0.367 e. The average molecular weight is 443 g/mol. The lowest BCUT2D eigenvalue weighted by Crippen LogP contribution is -2.54. The number of aryl methyl sites for hydroxylation is 1. The van der Waals surface area contributed by atoms with E-state index in [0.29, 0.717) is 0 Å². The highest BCUT2D eigenvalue weighted by Crippen LogP contribution is 2.27. The fourth-order valence-corrected chi connectivity index (χ4v) is 5.41. The average Bonchev–Trinajstić information content (AvgIpc) is 3.30. The molecular weight excluding hydrogens is 412 g/mol. The molecule has 8 heteroatoms. The number of carbonyl (C=O) groups is 2. The summed E-state index contributed by atoms with van der Waals surface area (Å²) in [4.78, 5) is 33.0. The summed E-state index contributed by atoms with van der Waals surface area (Å²) in [6, 6.07) is 10.4. The molecule has 3 atom stereocenters. The second-order valence-corrected chi connectivity index (χ2v) is 9.25. The van der Waals surface area contributed by atoms with Crippen LogP contribution in [0.2, 0.25) is 0 Å². The molecule has 0 aromatic heterocycles. The van der Waals surface area contributed by atoms with Crippen molar-refractivity contribution in [2.75, 3.05) is 45.6 Å². The maximum absolute atomic E-state index is 13.0. The fraction of sp³-hybridized carbons (Fsp3) is 0.522. The molecule has 0 aliphatic carbocycles. The van der Waals surface area contributed by atoms with Gasteiger partial charge in [-0.15, -0.1) is 11.8 Å². The SMILES string of the molecule is COC1C=C(C2NC(C(=O)N3CCN(CCCc4ccccc4)CC3)CS2)C=NC1=O. The lowest BCUT2D eigenvalue weighted by molar-refractivity contribution is -0.134. The Hall–Kier alpha value is -2.00. The van der Waals surface area contributed by atoms with E-state index in [9.17, 15) is 9.59 Å². The summed E-state index contributed by atoms with van der Waals surface area (Å²) in [5, 5.41) is 3.37. The van der Waals surface area contributed by atoms with Crippen molar-refractivity contribution < 1.29 is 14.3 Å². The van der Waals surface area contributed by atoms with Gasteiger partial charge in [0.2, 0.25) is 5.91 Å². The van der Waals surface area contributed by atoms with Gasteiger partial charge in [-0.05, 0) is 36.6 Å². The molecule has 0 saturated carbocycles. The van der Waals surface area contributed by atoms with Crippen molar-refractivity contribution in [3.8, 4) is 0 Å². The first-order chi connectivity index (χ1) is 15.1. The summed E-state index contributed by atoms with van der Waals surface area (Å²) in [6.45, 7) is 4.49. The molecule has 2 amide bonds. The van der Waals surface area contributed by atoms with Crippen LogP contribution in [0, 0.1) is 0 Å². The summed E-state index contributed by atoms with van der Waals surface area (Å²) < 4.78 is 5.17. The van der Waals surface area contributed by atoms with Crippen molar-refractivity contribution in [3.63, 3.8) is 0 Å². The minimum absolute atomic E-state index is 0.0391. The van der Waals surface area contributed by atoms with E-state index in [4.69, 9.17) is 4.74 Å². The molecule has 3 aliphatic heterocycles. The molecule has 0 spiro atoms. The molecule has 166 valence electrons. The zero-order chi connectivity index (χ0) is 21.6. The van der Waals surface area contributed by atoms with Crippen LogP contribution in [0.5, 0.6) is 0 Å². The van der Waals surface area contributed by atoms with Crippen molar-refractivity contribution in [3.05, 3.63) is 47.5 Å². The molecule has 2 saturated heterocycles. The van der Waals surface area contributed by atoms with Gasteiger partial charge in [-0.3, -0.25) is 19.8 Å². The molecule has 3 heterocycles. The monoisotopic (exact) mass is 442 g/mol. The molecule has 1 aromatic carbocycles. The van der Waals surface area contributed by atoms with E-state index in [1.165, 1.54) is 12.7 Å². The number of ether oxygens (including phenoxy) is 1. The number of carbonyl (C=O) groups excluding carboxylic acids is 2. The van der Waals surface area contributed by atoms with Gasteiger partial charge in [0, 0.05) is 45.3 Å². The van der Waals surface area contributed by atoms with Crippen LogP contribution in [0.15, 0.2) is 47.0 Å². The van der Waals surface area contributed by atoms with Crippen LogP contribution in [0.1, 0.15) is 12.0 Å². The maximum Gasteiger partial charge on any atom is 0.278 e. The second kappa shape index (κ2) is 10.5. The number of aliphatic imine (C=N–C) groups is 1. The minimum Gasteiger partial charge on any atom is -0.367 e. The molecule has 3 aliphatic rings. The summed E-state index contributed by atoms with van der Waals surface area (Å²) in [6.07, 6.45) is 4.98. The van der Waals surface area contributed by atoms with Gasteiger partial charge >= 0.3 is 0 Å². The molecule has 7 nitrogen and oxygen atoms in total. The number of hydrogen-bond acceptors (Lipinski definition) is 6. The molecule has 2 fully saturated rings. The van der Waals surface area contributed by atoms with Crippen molar-refractivity contribution in [2.24, 2.45) is 4.99 Å². The number of hydrogen-bond donors (Lipinski definition) is 1. The normalized spacial score (nSPS) is 26.9. The van der Waals surface area contributed by atoms with E-state index in [0.717, 1.165) is 56.9 Å². The fourth-order valence-electron chi connectivity index (χ4n) is 4.19. The highest BCUT2D eigenvalue weighted by molar-refractivity contribution is 8.00. The number of rotatable bonds is 7. The van der Waals surface area contributed by atoms with Crippen LogP contribution in [-0.2, 0) is 20.7 Å². The number of nitrogens with zero attached hydrogens (tertiary/aromatic N) is 3. The van der Waals surface area contributed by atoms with E-state index in [-0.39, 0.29) is 23.2 Å². The third-order valence-electron chi connectivity index (χ3n) is 6.03. The van der Waals surface area contributed by atoms with Gasteiger partial charge in [0.25, 0.3) is 5.91 Å². The van der Waals surface area contributed by atoms with Crippen LogP contribution in [0.3, 0.4) is 0 Å². The lowest BCUT2D eigenvalue weighted by Gasteiger charge is -2.36. The number of piperazine rings is 1. The number of nitrogens with one attached hydrogen (secondary N) is 1. The van der Waals surface area contributed by atoms with Crippen molar-refractivity contribution >= 4 is 29.8 Å². The summed E-state index contributed by atoms with van der Waals surface area (Å²) >= 11 is 1.68. The first kappa shape index (κ1) is 22.2. The van der Waals surface area contributed by atoms with Crippen LogP contribution in [-0.4, -0.2) is 90.9 Å². The molecule has 3 unspecified atom stereocenters. The van der Waals surface area contributed by atoms with Gasteiger partial charge in [0.15, 0.2) is 6.10 Å². The minimum atomic E-state index is -0.632. The predicted molar refractivity (Wildman–Crippen MR) is 123 cm³/mol. The van der Waals surface area contributed by atoms with E-state index in [2.05, 4.69) is 45.5 Å². The van der Waals surface area contributed by atoms with E-state index < -0.39 is 6.10 Å². The summed E-state index contributed by atoms with van der Waals surface area (Å²) in [7, 11) is 1.50. The third kappa shape index (κ3) is 5.63. The van der Waals surface area contributed by atoms with Crippen LogP contribution in [0.4, 0.5) is 0 Å². The smallest absolute Gasteiger partial charge is 0.278 e. The molecule has 1 N–H and O–H groups in total. The van der Waals surface area contributed by atoms with E-state index in [1.807, 2.05) is 4.90 Å². The van der Waals surface area contributed by atoms with Gasteiger partial charge < -0.3 is 9.64 Å². The van der Waals surface area contributed by atoms with Gasteiger partial charge in [-0.25, -0.2) is 4.99 Å². The van der Waals surface area contributed by atoms with Crippen molar-refractivity contribution in [2.45, 2.75) is 30.4 Å². The van der Waals surface area contributed by atoms with Crippen LogP contribution < -0.4 is 5.32 Å². The number of benzene rings is 1. The first-order valence-electron chi connectivity index (χ1n) is 10.9. The Bertz CT molecular complexity index is 836. The number of dihydropyridines is 1.